The highest BCUT2D eigenvalue weighted by Gasteiger charge is 2.37. The first-order valence-corrected chi connectivity index (χ1v) is 6.01. The molecule has 0 aromatic carbocycles. The standard InChI is InChI=1S/C8H17NO2S/c1-4-8-5-6-9(8)12(10,11)7(2)3/h7-8H,4-6H2,1-3H3. The Morgan fingerprint density at radius 1 is 1.50 bits per heavy atom. The van der Waals surface area contributed by atoms with Gasteiger partial charge in [0.2, 0.25) is 10.0 Å². The molecule has 0 spiro atoms. The van der Waals surface area contributed by atoms with Gasteiger partial charge in [-0.3, -0.25) is 0 Å². The SMILES string of the molecule is CCC1CCN1S(=O)(=O)C(C)C. The van der Waals surface area contributed by atoms with E-state index in [1.165, 1.54) is 0 Å². The predicted octanol–water partition coefficient (Wildman–Crippen LogP) is 1.21. The van der Waals surface area contributed by atoms with Crippen LogP contribution in [0.3, 0.4) is 0 Å². The van der Waals surface area contributed by atoms with E-state index in [0.717, 1.165) is 19.4 Å². The fourth-order valence-corrected chi connectivity index (χ4v) is 3.00. The second-order valence-corrected chi connectivity index (χ2v) is 6.00. The van der Waals surface area contributed by atoms with Crippen LogP contribution in [0.2, 0.25) is 0 Å². The van der Waals surface area contributed by atoms with E-state index in [-0.39, 0.29) is 11.3 Å². The summed E-state index contributed by atoms with van der Waals surface area (Å²) in [5, 5.41) is -0.271. The molecule has 4 heteroatoms. The molecule has 72 valence electrons. The molecular formula is C8H17NO2S. The van der Waals surface area contributed by atoms with Gasteiger partial charge in [0, 0.05) is 12.6 Å². The van der Waals surface area contributed by atoms with Crippen molar-refractivity contribution < 1.29 is 8.42 Å². The number of sulfonamides is 1. The lowest BCUT2D eigenvalue weighted by Crippen LogP contribution is -2.52. The summed E-state index contributed by atoms with van der Waals surface area (Å²) in [6.45, 7) is 6.23. The summed E-state index contributed by atoms with van der Waals surface area (Å²) in [5.74, 6) is 0. The monoisotopic (exact) mass is 191 g/mol. The smallest absolute Gasteiger partial charge is 0.212 e. The number of hydrogen-bond acceptors (Lipinski definition) is 2. The minimum atomic E-state index is -2.97. The first kappa shape index (κ1) is 9.99. The van der Waals surface area contributed by atoms with Crippen molar-refractivity contribution in [1.29, 1.82) is 0 Å². The zero-order valence-corrected chi connectivity index (χ0v) is 8.76. The second-order valence-electron chi connectivity index (χ2n) is 3.56. The molecule has 1 saturated heterocycles. The van der Waals surface area contributed by atoms with Crippen molar-refractivity contribution in [1.82, 2.24) is 4.31 Å². The third-order valence-corrected chi connectivity index (χ3v) is 4.81. The van der Waals surface area contributed by atoms with Gasteiger partial charge in [-0.2, -0.15) is 4.31 Å². The summed E-state index contributed by atoms with van der Waals surface area (Å²) < 4.78 is 24.9. The van der Waals surface area contributed by atoms with E-state index in [1.807, 2.05) is 6.92 Å². The molecule has 0 radical (unpaired) electrons. The van der Waals surface area contributed by atoms with Crippen molar-refractivity contribution in [3.05, 3.63) is 0 Å². The summed E-state index contributed by atoms with van der Waals surface area (Å²) in [6.07, 6.45) is 1.97. The minimum absolute atomic E-state index is 0.271. The van der Waals surface area contributed by atoms with E-state index < -0.39 is 10.0 Å². The number of nitrogens with zero attached hydrogens (tertiary/aromatic N) is 1. The summed E-state index contributed by atoms with van der Waals surface area (Å²) in [6, 6.07) is 0.275. The highest BCUT2D eigenvalue weighted by Crippen LogP contribution is 2.26. The van der Waals surface area contributed by atoms with Crippen LogP contribution in [0.4, 0.5) is 0 Å². The molecule has 1 aliphatic rings. The Morgan fingerprint density at radius 3 is 2.33 bits per heavy atom. The van der Waals surface area contributed by atoms with Crippen molar-refractivity contribution in [2.75, 3.05) is 6.54 Å². The molecule has 12 heavy (non-hydrogen) atoms. The Morgan fingerprint density at radius 2 is 2.08 bits per heavy atom. The Bertz CT molecular complexity index is 244. The van der Waals surface area contributed by atoms with Crippen LogP contribution in [0.15, 0.2) is 0 Å². The molecule has 0 bridgehead atoms. The van der Waals surface area contributed by atoms with Crippen LogP contribution in [0.25, 0.3) is 0 Å². The average Bonchev–Trinajstić information content (AvgIpc) is 1.84. The van der Waals surface area contributed by atoms with E-state index in [2.05, 4.69) is 0 Å². The number of rotatable bonds is 3. The summed E-state index contributed by atoms with van der Waals surface area (Å²) in [7, 11) is -2.97. The van der Waals surface area contributed by atoms with E-state index in [1.54, 1.807) is 18.2 Å². The molecule has 1 fully saturated rings. The molecular weight excluding hydrogens is 174 g/mol. The zero-order chi connectivity index (χ0) is 9.35. The van der Waals surface area contributed by atoms with E-state index >= 15 is 0 Å². The molecule has 0 N–H and O–H groups in total. The molecule has 1 heterocycles. The number of hydrogen-bond donors (Lipinski definition) is 0. The molecule has 0 aliphatic carbocycles. The van der Waals surface area contributed by atoms with Gasteiger partial charge in [-0.15, -0.1) is 0 Å². The van der Waals surface area contributed by atoms with Crippen molar-refractivity contribution in [2.45, 2.75) is 44.9 Å². The largest absolute Gasteiger partial charge is 0.216 e. The van der Waals surface area contributed by atoms with Crippen LogP contribution in [0, 0.1) is 0 Å². The second kappa shape index (κ2) is 3.34. The fourth-order valence-electron chi connectivity index (χ4n) is 1.43. The third-order valence-electron chi connectivity index (χ3n) is 2.48. The molecule has 1 aliphatic heterocycles. The highest BCUT2D eigenvalue weighted by molar-refractivity contribution is 7.89. The Kier molecular flexibility index (Phi) is 2.78. The zero-order valence-electron chi connectivity index (χ0n) is 7.95. The van der Waals surface area contributed by atoms with Gasteiger partial charge in [0.1, 0.15) is 0 Å². The van der Waals surface area contributed by atoms with Gasteiger partial charge in [-0.25, -0.2) is 8.42 Å². The first-order chi connectivity index (χ1) is 5.50. The molecule has 1 unspecified atom stereocenters. The fraction of sp³-hybridized carbons (Fsp3) is 1.00. The van der Waals surface area contributed by atoms with E-state index in [0.29, 0.717) is 0 Å². The quantitative estimate of drug-likeness (QED) is 0.672. The van der Waals surface area contributed by atoms with Crippen LogP contribution in [0.1, 0.15) is 33.6 Å². The molecule has 0 amide bonds. The van der Waals surface area contributed by atoms with Gasteiger partial charge in [0.25, 0.3) is 0 Å². The maximum absolute atomic E-state index is 11.6. The lowest BCUT2D eigenvalue weighted by Gasteiger charge is -2.40. The van der Waals surface area contributed by atoms with Crippen molar-refractivity contribution in [2.24, 2.45) is 0 Å². The van der Waals surface area contributed by atoms with Gasteiger partial charge in [-0.05, 0) is 26.7 Å². The van der Waals surface area contributed by atoms with E-state index in [9.17, 15) is 8.42 Å². The molecule has 3 nitrogen and oxygen atoms in total. The Balaban J connectivity index is 2.71. The maximum atomic E-state index is 11.6. The topological polar surface area (TPSA) is 37.4 Å². The van der Waals surface area contributed by atoms with Crippen LogP contribution in [0.5, 0.6) is 0 Å². The third kappa shape index (κ3) is 1.50. The molecule has 0 aromatic rings. The molecule has 0 saturated carbocycles. The van der Waals surface area contributed by atoms with Crippen molar-refractivity contribution in [3.63, 3.8) is 0 Å². The first-order valence-electron chi connectivity index (χ1n) is 4.50. The minimum Gasteiger partial charge on any atom is -0.212 e. The van der Waals surface area contributed by atoms with Gasteiger partial charge in [0.05, 0.1) is 5.25 Å². The van der Waals surface area contributed by atoms with Gasteiger partial charge < -0.3 is 0 Å². The predicted molar refractivity (Wildman–Crippen MR) is 49.5 cm³/mol. The molecule has 1 atom stereocenters. The highest BCUT2D eigenvalue weighted by atomic mass is 32.2. The van der Waals surface area contributed by atoms with Crippen molar-refractivity contribution in [3.8, 4) is 0 Å². The molecule has 0 aromatic heterocycles. The van der Waals surface area contributed by atoms with E-state index in [4.69, 9.17) is 0 Å². The van der Waals surface area contributed by atoms with Crippen LogP contribution < -0.4 is 0 Å². The van der Waals surface area contributed by atoms with Crippen LogP contribution >= 0.6 is 0 Å². The van der Waals surface area contributed by atoms with Crippen molar-refractivity contribution >= 4 is 10.0 Å². The summed E-state index contributed by atoms with van der Waals surface area (Å²) in [4.78, 5) is 0. The van der Waals surface area contributed by atoms with Gasteiger partial charge >= 0.3 is 0 Å². The normalized spacial score (nSPS) is 25.8. The Labute approximate surface area is 74.8 Å². The summed E-state index contributed by atoms with van der Waals surface area (Å²) in [5.41, 5.74) is 0. The van der Waals surface area contributed by atoms with Crippen LogP contribution in [-0.4, -0.2) is 30.6 Å². The average molecular weight is 191 g/mol. The van der Waals surface area contributed by atoms with Gasteiger partial charge in [-0.1, -0.05) is 6.92 Å². The maximum Gasteiger partial charge on any atom is 0.216 e. The Hall–Kier alpha value is -0.0900. The van der Waals surface area contributed by atoms with Gasteiger partial charge in [0.15, 0.2) is 0 Å². The lowest BCUT2D eigenvalue weighted by molar-refractivity contribution is 0.192. The summed E-state index contributed by atoms with van der Waals surface area (Å²) >= 11 is 0. The molecule has 1 rings (SSSR count). The van der Waals surface area contributed by atoms with Crippen LogP contribution in [-0.2, 0) is 10.0 Å². The lowest BCUT2D eigenvalue weighted by atomic mass is 10.1.